The van der Waals surface area contributed by atoms with Crippen LogP contribution >= 0.6 is 38.6 Å². The topological polar surface area (TPSA) is 115 Å². The number of halogens is 1. The first-order valence-corrected chi connectivity index (χ1v) is 9.87. The van der Waals surface area contributed by atoms with E-state index >= 15 is 0 Å². The van der Waals surface area contributed by atoms with Gasteiger partial charge in [-0.2, -0.15) is 31.3 Å². The van der Waals surface area contributed by atoms with Crippen LogP contribution in [0.1, 0.15) is 22.8 Å². The fourth-order valence-electron chi connectivity index (χ4n) is 2.54. The lowest BCUT2D eigenvalue weighted by Gasteiger charge is -2.31. The van der Waals surface area contributed by atoms with E-state index in [2.05, 4.69) is 0 Å². The van der Waals surface area contributed by atoms with E-state index in [1.807, 2.05) is 0 Å². The lowest BCUT2D eigenvalue weighted by atomic mass is 10.1. The zero-order chi connectivity index (χ0) is 20.2. The van der Waals surface area contributed by atoms with Crippen molar-refractivity contribution >= 4 is 54.6 Å². The summed E-state index contributed by atoms with van der Waals surface area (Å²) < 4.78 is 27.2. The predicted molar refractivity (Wildman–Crippen MR) is 121 cm³/mol. The minimum atomic E-state index is -4.06. The average Bonchev–Trinajstić information content (AvgIpc) is 2.62. The van der Waals surface area contributed by atoms with Crippen molar-refractivity contribution in [3.8, 4) is 0 Å². The summed E-state index contributed by atoms with van der Waals surface area (Å²) in [7, 11) is -4.06. The molecule has 0 aromatic heterocycles. The van der Waals surface area contributed by atoms with E-state index in [0.29, 0.717) is 10.6 Å². The molecule has 2 rings (SSSR count). The molecular weight excluding hydrogens is 458 g/mol. The molecule has 0 aliphatic heterocycles. The molecule has 29 heavy (non-hydrogen) atoms. The number of benzene rings is 2. The van der Waals surface area contributed by atoms with Gasteiger partial charge >= 0.3 is 5.97 Å². The summed E-state index contributed by atoms with van der Waals surface area (Å²) in [6.07, 6.45) is -1.13. The summed E-state index contributed by atoms with van der Waals surface area (Å²) in [5, 5.41) is 29.0. The Kier molecular flexibility index (Phi) is 11.3. The van der Waals surface area contributed by atoms with Crippen LogP contribution in [0.15, 0.2) is 53.4 Å². The SMILES string of the molecule is C[C@H](O)[C@H](CO)N(Cc1ccc(C(=O)O)cc1)S(=O)(=O)c1ccc(Cl)cc1.S.S. The molecule has 3 N–H and O–H groups in total. The van der Waals surface area contributed by atoms with Gasteiger partial charge in [-0.25, -0.2) is 13.2 Å². The molecule has 0 unspecified atom stereocenters. The number of sulfonamides is 1. The molecule has 7 nitrogen and oxygen atoms in total. The van der Waals surface area contributed by atoms with Crippen molar-refractivity contribution < 1.29 is 28.5 Å². The number of carbonyl (C=O) groups is 1. The highest BCUT2D eigenvalue weighted by atomic mass is 35.5. The van der Waals surface area contributed by atoms with Gasteiger partial charge < -0.3 is 15.3 Å². The summed E-state index contributed by atoms with van der Waals surface area (Å²) in [6, 6.07) is 10.2. The van der Waals surface area contributed by atoms with Gasteiger partial charge in [0, 0.05) is 11.6 Å². The Labute approximate surface area is 188 Å². The van der Waals surface area contributed by atoms with Crippen molar-refractivity contribution in [2.75, 3.05) is 6.61 Å². The smallest absolute Gasteiger partial charge is 0.335 e. The number of hydrogen-bond acceptors (Lipinski definition) is 5. The summed E-state index contributed by atoms with van der Waals surface area (Å²) in [6.45, 7) is 0.650. The lowest BCUT2D eigenvalue weighted by Crippen LogP contribution is -2.47. The highest BCUT2D eigenvalue weighted by molar-refractivity contribution is 7.89. The number of aromatic carboxylic acids is 1. The summed E-state index contributed by atoms with van der Waals surface area (Å²) in [5.74, 6) is -1.09. The molecule has 2 aromatic rings. The molecule has 0 heterocycles. The van der Waals surface area contributed by atoms with Crippen molar-refractivity contribution in [1.82, 2.24) is 4.31 Å². The summed E-state index contributed by atoms with van der Waals surface area (Å²) in [5.41, 5.74) is 0.580. The normalized spacial score (nSPS) is 13.1. The van der Waals surface area contributed by atoms with Gasteiger partial charge in [0.2, 0.25) is 10.0 Å². The molecule has 0 saturated heterocycles. The number of aliphatic hydroxyl groups excluding tert-OH is 2. The molecule has 0 spiro atoms. The Morgan fingerprint density at radius 2 is 1.59 bits per heavy atom. The van der Waals surface area contributed by atoms with E-state index in [9.17, 15) is 23.4 Å². The highest BCUT2D eigenvalue weighted by Crippen LogP contribution is 2.24. The quantitative estimate of drug-likeness (QED) is 0.532. The first-order valence-electron chi connectivity index (χ1n) is 8.05. The molecule has 0 radical (unpaired) electrons. The fourth-order valence-corrected chi connectivity index (χ4v) is 4.33. The Hall–Kier alpha value is -1.27. The van der Waals surface area contributed by atoms with Crippen molar-refractivity contribution in [3.05, 3.63) is 64.7 Å². The van der Waals surface area contributed by atoms with E-state index in [-0.39, 0.29) is 44.0 Å². The minimum Gasteiger partial charge on any atom is -0.478 e. The van der Waals surface area contributed by atoms with E-state index in [1.165, 1.54) is 55.5 Å². The molecule has 0 aliphatic carbocycles. The first-order chi connectivity index (χ1) is 12.7. The van der Waals surface area contributed by atoms with Crippen LogP contribution in [-0.2, 0) is 16.6 Å². The molecule has 0 bridgehead atoms. The third kappa shape index (κ3) is 6.88. The Morgan fingerprint density at radius 1 is 1.07 bits per heavy atom. The van der Waals surface area contributed by atoms with E-state index in [0.717, 1.165) is 4.31 Å². The number of rotatable bonds is 8. The van der Waals surface area contributed by atoms with Crippen LogP contribution in [0.25, 0.3) is 0 Å². The lowest BCUT2D eigenvalue weighted by molar-refractivity contribution is 0.0616. The third-order valence-electron chi connectivity index (χ3n) is 4.07. The first kappa shape index (κ1) is 27.7. The molecule has 0 fully saturated rings. The maximum absolute atomic E-state index is 13.1. The van der Waals surface area contributed by atoms with Crippen LogP contribution in [0.3, 0.4) is 0 Å². The van der Waals surface area contributed by atoms with Gasteiger partial charge in [0.15, 0.2) is 0 Å². The van der Waals surface area contributed by atoms with E-state index < -0.39 is 34.7 Å². The zero-order valence-corrected chi connectivity index (χ0v) is 19.1. The van der Waals surface area contributed by atoms with Gasteiger partial charge in [0.1, 0.15) is 0 Å². The molecule has 11 heteroatoms. The Bertz CT molecular complexity index is 889. The van der Waals surface area contributed by atoms with Crippen LogP contribution in [0.5, 0.6) is 0 Å². The summed E-state index contributed by atoms with van der Waals surface area (Å²) >= 11 is 5.82. The largest absolute Gasteiger partial charge is 0.478 e. The monoisotopic (exact) mass is 481 g/mol. The van der Waals surface area contributed by atoms with Crippen molar-refractivity contribution in [3.63, 3.8) is 0 Å². The molecule has 162 valence electrons. The van der Waals surface area contributed by atoms with Crippen molar-refractivity contribution in [2.24, 2.45) is 0 Å². The zero-order valence-electron chi connectivity index (χ0n) is 15.5. The minimum absolute atomic E-state index is 0. The maximum atomic E-state index is 13.1. The number of carboxylic acid groups (broad SMARTS) is 1. The van der Waals surface area contributed by atoms with E-state index in [1.54, 1.807) is 0 Å². The second-order valence-electron chi connectivity index (χ2n) is 6.00. The standard InChI is InChI=1S/C18H20ClNO6S.2H2S/c1-12(22)17(11-21)20(10-13-2-4-14(5-3-13)18(23)24)27(25,26)16-8-6-15(19)7-9-16;;/h2-9,12,17,21-22H,10-11H2,1H3,(H,23,24);2*1H2/t12-,17-;;/m0../s1. The van der Waals surface area contributed by atoms with Gasteiger partial charge in [-0.1, -0.05) is 23.7 Å². The average molecular weight is 482 g/mol. The number of nitrogens with zero attached hydrogens (tertiary/aromatic N) is 1. The molecule has 0 amide bonds. The summed E-state index contributed by atoms with van der Waals surface area (Å²) in [4.78, 5) is 10.9. The number of hydrogen-bond donors (Lipinski definition) is 3. The fraction of sp³-hybridized carbons (Fsp3) is 0.278. The van der Waals surface area contributed by atoms with Gasteiger partial charge in [0.05, 0.1) is 29.2 Å². The van der Waals surface area contributed by atoms with E-state index in [4.69, 9.17) is 16.7 Å². The van der Waals surface area contributed by atoms with Crippen LogP contribution < -0.4 is 0 Å². The third-order valence-corrected chi connectivity index (χ3v) is 6.21. The molecule has 2 atom stereocenters. The number of carboxylic acids is 1. The van der Waals surface area contributed by atoms with Crippen LogP contribution in [0, 0.1) is 0 Å². The molecule has 0 aliphatic rings. The second kappa shape index (κ2) is 11.8. The van der Waals surface area contributed by atoms with Gasteiger partial charge in [-0.15, -0.1) is 0 Å². The van der Waals surface area contributed by atoms with Gasteiger partial charge in [0.25, 0.3) is 0 Å². The predicted octanol–water partition coefficient (Wildman–Crippen LogP) is 2.20. The van der Waals surface area contributed by atoms with Gasteiger partial charge in [-0.3, -0.25) is 0 Å². The van der Waals surface area contributed by atoms with Gasteiger partial charge in [-0.05, 0) is 48.9 Å². The molecule has 2 aromatic carbocycles. The van der Waals surface area contributed by atoms with Crippen LogP contribution in [0.4, 0.5) is 0 Å². The maximum Gasteiger partial charge on any atom is 0.335 e. The van der Waals surface area contributed by atoms with Crippen molar-refractivity contribution in [1.29, 1.82) is 0 Å². The Morgan fingerprint density at radius 3 is 2.00 bits per heavy atom. The molecule has 0 saturated carbocycles. The number of aliphatic hydroxyl groups is 2. The highest BCUT2D eigenvalue weighted by Gasteiger charge is 2.34. The second-order valence-corrected chi connectivity index (χ2v) is 8.32. The van der Waals surface area contributed by atoms with Crippen molar-refractivity contribution in [2.45, 2.75) is 30.5 Å². The van der Waals surface area contributed by atoms with Crippen LogP contribution in [-0.4, -0.2) is 52.8 Å². The van der Waals surface area contributed by atoms with Crippen LogP contribution in [0.2, 0.25) is 5.02 Å². The Balaban J connectivity index is 0.00000392. The molecular formula is C18H24ClNO6S3.